The Labute approximate surface area is 139 Å². The minimum Gasteiger partial charge on any atom is -0.488 e. The Morgan fingerprint density at radius 2 is 2.13 bits per heavy atom. The molecule has 4 nitrogen and oxygen atoms in total. The third-order valence-electron chi connectivity index (χ3n) is 5.28. The van der Waals surface area contributed by atoms with Crippen molar-refractivity contribution in [3.8, 4) is 5.75 Å². The van der Waals surface area contributed by atoms with Crippen molar-refractivity contribution in [3.05, 3.63) is 29.8 Å². The average Bonchev–Trinajstić information content (AvgIpc) is 2.91. The number of hydrogen-bond donors (Lipinski definition) is 1. The molecule has 23 heavy (non-hydrogen) atoms. The molecule has 1 fully saturated rings. The van der Waals surface area contributed by atoms with E-state index in [9.17, 15) is 4.79 Å². The Bertz CT molecular complexity index is 570. The maximum atomic E-state index is 12.5. The van der Waals surface area contributed by atoms with E-state index in [4.69, 9.17) is 4.74 Å². The Balaban J connectivity index is 1.59. The van der Waals surface area contributed by atoms with E-state index >= 15 is 0 Å². The van der Waals surface area contributed by atoms with E-state index < -0.39 is 0 Å². The number of ether oxygens (including phenoxy) is 1. The Morgan fingerprint density at radius 1 is 1.35 bits per heavy atom. The first-order valence-corrected chi connectivity index (χ1v) is 8.71. The van der Waals surface area contributed by atoms with Gasteiger partial charge in [-0.2, -0.15) is 0 Å². The summed E-state index contributed by atoms with van der Waals surface area (Å²) in [6.07, 6.45) is 4.86. The standard InChI is InChI=1S/C19H28N2O2/c1-19(2,20-18(22)13-15-8-6-12-21(15)3)17-11-10-14-7-4-5-9-16(14)23-17/h4-5,7,9,15,17H,6,8,10-13H2,1-3H3,(H,20,22)/t15-,17+/m0/s1. The van der Waals surface area contributed by atoms with Crippen LogP contribution in [0, 0.1) is 0 Å². The number of nitrogens with zero attached hydrogens (tertiary/aromatic N) is 1. The van der Waals surface area contributed by atoms with Crippen molar-refractivity contribution in [1.29, 1.82) is 0 Å². The highest BCUT2D eigenvalue weighted by molar-refractivity contribution is 5.77. The molecule has 0 unspecified atom stereocenters. The number of rotatable bonds is 4. The maximum absolute atomic E-state index is 12.5. The zero-order chi connectivity index (χ0) is 16.4. The van der Waals surface area contributed by atoms with Crippen LogP contribution in [-0.4, -0.2) is 42.1 Å². The van der Waals surface area contributed by atoms with Crippen LogP contribution >= 0.6 is 0 Å². The van der Waals surface area contributed by atoms with E-state index in [0.717, 1.165) is 31.6 Å². The summed E-state index contributed by atoms with van der Waals surface area (Å²) in [5.41, 5.74) is 0.903. The van der Waals surface area contributed by atoms with Crippen LogP contribution in [0.5, 0.6) is 5.75 Å². The fourth-order valence-corrected chi connectivity index (χ4v) is 3.77. The number of carbonyl (C=O) groups is 1. The molecule has 0 saturated carbocycles. The second kappa shape index (κ2) is 6.52. The maximum Gasteiger partial charge on any atom is 0.222 e. The van der Waals surface area contributed by atoms with Crippen LogP contribution in [-0.2, 0) is 11.2 Å². The van der Waals surface area contributed by atoms with Crippen molar-refractivity contribution >= 4 is 5.91 Å². The summed E-state index contributed by atoms with van der Waals surface area (Å²) in [6, 6.07) is 8.58. The minimum absolute atomic E-state index is 0.0163. The first-order valence-electron chi connectivity index (χ1n) is 8.71. The van der Waals surface area contributed by atoms with E-state index in [1.807, 2.05) is 18.2 Å². The van der Waals surface area contributed by atoms with Crippen molar-refractivity contribution in [3.63, 3.8) is 0 Å². The quantitative estimate of drug-likeness (QED) is 0.929. The number of amides is 1. The summed E-state index contributed by atoms with van der Waals surface area (Å²) >= 11 is 0. The van der Waals surface area contributed by atoms with E-state index in [1.165, 1.54) is 12.0 Å². The molecular formula is C19H28N2O2. The lowest BCUT2D eigenvalue weighted by atomic mass is 9.89. The summed E-state index contributed by atoms with van der Waals surface area (Å²) in [4.78, 5) is 14.7. The molecule has 1 aromatic carbocycles. The van der Waals surface area contributed by atoms with E-state index in [0.29, 0.717) is 12.5 Å². The van der Waals surface area contributed by atoms with E-state index in [-0.39, 0.29) is 17.6 Å². The lowest BCUT2D eigenvalue weighted by Gasteiger charge is -2.38. The van der Waals surface area contributed by atoms with Gasteiger partial charge in [0.2, 0.25) is 5.91 Å². The van der Waals surface area contributed by atoms with Gasteiger partial charge in [0.25, 0.3) is 0 Å². The van der Waals surface area contributed by atoms with Crippen LogP contribution < -0.4 is 10.1 Å². The van der Waals surface area contributed by atoms with Gasteiger partial charge in [0.1, 0.15) is 11.9 Å². The zero-order valence-corrected chi connectivity index (χ0v) is 14.5. The smallest absolute Gasteiger partial charge is 0.222 e. The molecule has 3 rings (SSSR count). The lowest BCUT2D eigenvalue weighted by Crippen LogP contribution is -2.55. The topological polar surface area (TPSA) is 41.6 Å². The molecule has 2 heterocycles. The molecule has 2 atom stereocenters. The van der Waals surface area contributed by atoms with Gasteiger partial charge < -0.3 is 15.0 Å². The van der Waals surface area contributed by atoms with Crippen LogP contribution in [0.2, 0.25) is 0 Å². The highest BCUT2D eigenvalue weighted by Crippen LogP contribution is 2.31. The molecule has 0 aromatic heterocycles. The second-order valence-corrected chi connectivity index (χ2v) is 7.50. The van der Waals surface area contributed by atoms with E-state index in [1.54, 1.807) is 0 Å². The molecule has 126 valence electrons. The SMILES string of the molecule is CN1CCC[C@H]1CC(=O)NC(C)(C)[C@H]1CCc2ccccc2O1. The number of hydrogen-bond acceptors (Lipinski definition) is 3. The number of likely N-dealkylation sites (tertiary alicyclic amines) is 1. The highest BCUT2D eigenvalue weighted by atomic mass is 16.5. The molecular weight excluding hydrogens is 288 g/mol. The van der Waals surface area contributed by atoms with Crippen molar-refractivity contribution in [2.75, 3.05) is 13.6 Å². The van der Waals surface area contributed by atoms with Crippen LogP contribution in [0.3, 0.4) is 0 Å². The molecule has 1 N–H and O–H groups in total. The number of benzene rings is 1. The summed E-state index contributed by atoms with van der Waals surface area (Å²) in [5, 5.41) is 3.21. The summed E-state index contributed by atoms with van der Waals surface area (Å²) in [5.74, 6) is 1.10. The highest BCUT2D eigenvalue weighted by Gasteiger charge is 2.36. The molecule has 1 amide bonds. The van der Waals surface area contributed by atoms with Gasteiger partial charge in [-0.1, -0.05) is 18.2 Å². The molecule has 0 aliphatic carbocycles. The molecule has 1 saturated heterocycles. The molecule has 0 bridgehead atoms. The largest absolute Gasteiger partial charge is 0.488 e. The van der Waals surface area contributed by atoms with Gasteiger partial charge >= 0.3 is 0 Å². The number of para-hydroxylation sites is 1. The molecule has 2 aliphatic heterocycles. The third kappa shape index (κ3) is 3.69. The van der Waals surface area contributed by atoms with Gasteiger partial charge in [0, 0.05) is 12.5 Å². The van der Waals surface area contributed by atoms with Crippen molar-refractivity contribution in [2.45, 2.75) is 63.6 Å². The van der Waals surface area contributed by atoms with Gasteiger partial charge in [0.05, 0.1) is 5.54 Å². The molecule has 4 heteroatoms. The number of nitrogens with one attached hydrogen (secondary N) is 1. The predicted molar refractivity (Wildman–Crippen MR) is 91.7 cm³/mol. The predicted octanol–water partition coefficient (Wildman–Crippen LogP) is 2.76. The van der Waals surface area contributed by atoms with E-state index in [2.05, 4.69) is 37.2 Å². The molecule has 1 aromatic rings. The molecule has 2 aliphatic rings. The van der Waals surface area contributed by atoms with Crippen LogP contribution in [0.1, 0.15) is 45.1 Å². The number of carbonyl (C=O) groups excluding carboxylic acids is 1. The Kier molecular flexibility index (Phi) is 4.62. The molecule has 0 spiro atoms. The Hall–Kier alpha value is -1.55. The van der Waals surface area contributed by atoms with Crippen LogP contribution in [0.15, 0.2) is 24.3 Å². The van der Waals surface area contributed by atoms with Crippen molar-refractivity contribution in [2.24, 2.45) is 0 Å². The van der Waals surface area contributed by atoms with Gasteiger partial charge in [-0.3, -0.25) is 4.79 Å². The van der Waals surface area contributed by atoms with Crippen molar-refractivity contribution in [1.82, 2.24) is 10.2 Å². The summed E-state index contributed by atoms with van der Waals surface area (Å²) in [6.45, 7) is 5.24. The fraction of sp³-hybridized carbons (Fsp3) is 0.632. The van der Waals surface area contributed by atoms with Gasteiger partial charge in [-0.05, 0) is 64.8 Å². The normalized spacial score (nSPS) is 24.8. The minimum atomic E-state index is -0.359. The first-order chi connectivity index (χ1) is 11.0. The molecule has 0 radical (unpaired) electrons. The van der Waals surface area contributed by atoms with Gasteiger partial charge in [0.15, 0.2) is 0 Å². The summed E-state index contributed by atoms with van der Waals surface area (Å²) < 4.78 is 6.16. The average molecular weight is 316 g/mol. The monoisotopic (exact) mass is 316 g/mol. The fourth-order valence-electron chi connectivity index (χ4n) is 3.77. The third-order valence-corrected chi connectivity index (χ3v) is 5.28. The number of aryl methyl sites for hydroxylation is 1. The van der Waals surface area contributed by atoms with Gasteiger partial charge in [-0.15, -0.1) is 0 Å². The second-order valence-electron chi connectivity index (χ2n) is 7.50. The Morgan fingerprint density at radius 3 is 2.87 bits per heavy atom. The van der Waals surface area contributed by atoms with Crippen molar-refractivity contribution < 1.29 is 9.53 Å². The van der Waals surface area contributed by atoms with Gasteiger partial charge in [-0.25, -0.2) is 0 Å². The zero-order valence-electron chi connectivity index (χ0n) is 14.5. The van der Waals surface area contributed by atoms with Crippen LogP contribution in [0.25, 0.3) is 0 Å². The first kappa shape index (κ1) is 16.3. The summed E-state index contributed by atoms with van der Waals surface area (Å²) in [7, 11) is 2.11. The number of fused-ring (bicyclic) bond motifs is 1. The lowest BCUT2D eigenvalue weighted by molar-refractivity contribution is -0.125. The van der Waals surface area contributed by atoms with Crippen LogP contribution in [0.4, 0.5) is 0 Å².